The van der Waals surface area contributed by atoms with Crippen molar-refractivity contribution in [2.24, 2.45) is 0 Å². The molecule has 1 aromatic rings. The van der Waals surface area contributed by atoms with Gasteiger partial charge in [0.2, 0.25) is 0 Å². The second kappa shape index (κ2) is 5.75. The zero-order valence-electron chi connectivity index (χ0n) is 8.75. The Labute approximate surface area is 97.5 Å². The van der Waals surface area contributed by atoms with Gasteiger partial charge >= 0.3 is 5.97 Å². The molecule has 82 valence electrons. The third-order valence-corrected chi connectivity index (χ3v) is 2.43. The highest BCUT2D eigenvalue weighted by atomic mass is 79.9. The van der Waals surface area contributed by atoms with Crippen LogP contribution in [0.4, 0.5) is 0 Å². The summed E-state index contributed by atoms with van der Waals surface area (Å²) in [6.45, 7) is 2.30. The van der Waals surface area contributed by atoms with E-state index in [0.717, 1.165) is 15.8 Å². The first kappa shape index (κ1) is 12.0. The molecule has 0 radical (unpaired) electrons. The van der Waals surface area contributed by atoms with E-state index in [1.54, 1.807) is 0 Å². The molecule has 0 spiro atoms. The number of esters is 1. The largest absolute Gasteiger partial charge is 0.493 e. The molecule has 0 N–H and O–H groups in total. The fraction of sp³-hybridized carbons (Fsp3) is 0.364. The smallest absolute Gasteiger partial charge is 0.308 e. The Balaban J connectivity index is 2.50. The zero-order valence-corrected chi connectivity index (χ0v) is 10.3. The summed E-state index contributed by atoms with van der Waals surface area (Å²) >= 11 is 3.36. The van der Waals surface area contributed by atoms with Crippen LogP contribution in [0.2, 0.25) is 0 Å². The molecule has 0 aliphatic heterocycles. The molecule has 0 saturated carbocycles. The summed E-state index contributed by atoms with van der Waals surface area (Å²) in [5, 5.41) is 0. The summed E-state index contributed by atoms with van der Waals surface area (Å²) in [6.07, 6.45) is 0.266. The lowest BCUT2D eigenvalue weighted by atomic mass is 10.2. The first-order valence-corrected chi connectivity index (χ1v) is 5.38. The van der Waals surface area contributed by atoms with Crippen molar-refractivity contribution in [3.63, 3.8) is 0 Å². The van der Waals surface area contributed by atoms with Gasteiger partial charge in [-0.25, -0.2) is 0 Å². The molecule has 3 nitrogen and oxygen atoms in total. The number of halogens is 1. The lowest BCUT2D eigenvalue weighted by Gasteiger charge is -2.08. The standard InChI is InChI=1S/C11H13BrO3/c1-8-3-4-9(12)7-10(8)15-6-5-11(13)14-2/h3-4,7H,5-6H2,1-2H3. The molecule has 0 aliphatic rings. The maximum Gasteiger partial charge on any atom is 0.308 e. The van der Waals surface area contributed by atoms with Crippen molar-refractivity contribution in [3.8, 4) is 5.75 Å². The van der Waals surface area contributed by atoms with Crippen LogP contribution in [-0.4, -0.2) is 19.7 Å². The van der Waals surface area contributed by atoms with E-state index >= 15 is 0 Å². The van der Waals surface area contributed by atoms with Crippen LogP contribution < -0.4 is 4.74 Å². The minimum Gasteiger partial charge on any atom is -0.493 e. The summed E-state index contributed by atoms with van der Waals surface area (Å²) in [5.41, 5.74) is 1.04. The molecule has 0 amide bonds. The first-order valence-electron chi connectivity index (χ1n) is 4.59. The maximum atomic E-state index is 10.8. The third-order valence-electron chi connectivity index (χ3n) is 1.94. The Bertz CT molecular complexity index is 350. The van der Waals surface area contributed by atoms with Crippen LogP contribution in [0, 0.1) is 6.92 Å². The molecule has 0 bridgehead atoms. The molecule has 0 saturated heterocycles. The Morgan fingerprint density at radius 1 is 1.47 bits per heavy atom. The Morgan fingerprint density at radius 2 is 2.20 bits per heavy atom. The summed E-state index contributed by atoms with van der Waals surface area (Å²) < 4.78 is 10.9. The third kappa shape index (κ3) is 3.91. The van der Waals surface area contributed by atoms with Gasteiger partial charge in [0.15, 0.2) is 0 Å². The van der Waals surface area contributed by atoms with Crippen molar-refractivity contribution in [1.29, 1.82) is 0 Å². The van der Waals surface area contributed by atoms with Gasteiger partial charge in [-0.05, 0) is 24.6 Å². The summed E-state index contributed by atoms with van der Waals surface area (Å²) in [7, 11) is 1.37. The van der Waals surface area contributed by atoms with Gasteiger partial charge in [0.05, 0.1) is 20.1 Å². The molecule has 0 fully saturated rings. The van der Waals surface area contributed by atoms with Crippen LogP contribution in [0.3, 0.4) is 0 Å². The topological polar surface area (TPSA) is 35.5 Å². The molecule has 0 aromatic heterocycles. The fourth-order valence-electron chi connectivity index (χ4n) is 1.08. The molecular weight excluding hydrogens is 260 g/mol. The van der Waals surface area contributed by atoms with Gasteiger partial charge in [0.25, 0.3) is 0 Å². The highest BCUT2D eigenvalue weighted by Gasteiger charge is 2.03. The van der Waals surface area contributed by atoms with E-state index in [1.165, 1.54) is 7.11 Å². The number of carbonyl (C=O) groups is 1. The number of hydrogen-bond acceptors (Lipinski definition) is 3. The van der Waals surface area contributed by atoms with Crippen molar-refractivity contribution >= 4 is 21.9 Å². The SMILES string of the molecule is COC(=O)CCOc1cc(Br)ccc1C. The monoisotopic (exact) mass is 272 g/mol. The van der Waals surface area contributed by atoms with Gasteiger partial charge < -0.3 is 9.47 Å². The van der Waals surface area contributed by atoms with Crippen molar-refractivity contribution < 1.29 is 14.3 Å². The lowest BCUT2D eigenvalue weighted by Crippen LogP contribution is -2.07. The van der Waals surface area contributed by atoms with Crippen LogP contribution in [0.1, 0.15) is 12.0 Å². The van der Waals surface area contributed by atoms with Crippen LogP contribution in [0.5, 0.6) is 5.75 Å². The van der Waals surface area contributed by atoms with E-state index in [2.05, 4.69) is 20.7 Å². The fourth-order valence-corrected chi connectivity index (χ4v) is 1.42. The van der Waals surface area contributed by atoms with E-state index in [-0.39, 0.29) is 12.4 Å². The van der Waals surface area contributed by atoms with Gasteiger partial charge in [0.1, 0.15) is 5.75 Å². The molecule has 0 unspecified atom stereocenters. The Hall–Kier alpha value is -1.03. The normalized spacial score (nSPS) is 9.80. The van der Waals surface area contributed by atoms with Crippen LogP contribution in [0.15, 0.2) is 22.7 Å². The van der Waals surface area contributed by atoms with Crippen molar-refractivity contribution in [3.05, 3.63) is 28.2 Å². The van der Waals surface area contributed by atoms with E-state index < -0.39 is 0 Å². The second-order valence-electron chi connectivity index (χ2n) is 3.08. The van der Waals surface area contributed by atoms with Crippen LogP contribution >= 0.6 is 15.9 Å². The summed E-state index contributed by atoms with van der Waals surface area (Å²) in [6, 6.07) is 5.78. The number of ether oxygens (including phenoxy) is 2. The predicted molar refractivity (Wildman–Crippen MR) is 61.0 cm³/mol. The highest BCUT2D eigenvalue weighted by Crippen LogP contribution is 2.22. The summed E-state index contributed by atoms with van der Waals surface area (Å²) in [4.78, 5) is 10.8. The van der Waals surface area contributed by atoms with E-state index in [9.17, 15) is 4.79 Å². The predicted octanol–water partition coefficient (Wildman–Crippen LogP) is 2.70. The average Bonchev–Trinajstić information content (AvgIpc) is 2.23. The Morgan fingerprint density at radius 3 is 2.87 bits per heavy atom. The van der Waals surface area contributed by atoms with E-state index in [0.29, 0.717) is 6.61 Å². The molecule has 0 atom stereocenters. The zero-order chi connectivity index (χ0) is 11.3. The molecule has 0 heterocycles. The molecule has 1 rings (SSSR count). The van der Waals surface area contributed by atoms with E-state index in [4.69, 9.17) is 4.74 Å². The number of carbonyl (C=O) groups excluding carboxylic acids is 1. The number of methoxy groups -OCH3 is 1. The van der Waals surface area contributed by atoms with E-state index in [1.807, 2.05) is 25.1 Å². The minimum atomic E-state index is -0.261. The van der Waals surface area contributed by atoms with Gasteiger partial charge in [-0.3, -0.25) is 4.79 Å². The van der Waals surface area contributed by atoms with Crippen molar-refractivity contribution in [1.82, 2.24) is 0 Å². The van der Waals surface area contributed by atoms with Gasteiger partial charge in [0, 0.05) is 4.47 Å². The van der Waals surface area contributed by atoms with Gasteiger partial charge in [-0.1, -0.05) is 22.0 Å². The molecule has 4 heteroatoms. The minimum absolute atomic E-state index is 0.261. The maximum absolute atomic E-state index is 10.8. The first-order chi connectivity index (χ1) is 7.13. The molecule has 1 aromatic carbocycles. The average molecular weight is 273 g/mol. The number of rotatable bonds is 4. The lowest BCUT2D eigenvalue weighted by molar-refractivity contribution is -0.141. The highest BCUT2D eigenvalue weighted by molar-refractivity contribution is 9.10. The van der Waals surface area contributed by atoms with Gasteiger partial charge in [-0.2, -0.15) is 0 Å². The van der Waals surface area contributed by atoms with Crippen LogP contribution in [0.25, 0.3) is 0 Å². The molecule has 15 heavy (non-hydrogen) atoms. The van der Waals surface area contributed by atoms with Crippen molar-refractivity contribution in [2.45, 2.75) is 13.3 Å². The number of benzene rings is 1. The van der Waals surface area contributed by atoms with Gasteiger partial charge in [-0.15, -0.1) is 0 Å². The molecule has 0 aliphatic carbocycles. The number of hydrogen-bond donors (Lipinski definition) is 0. The quantitative estimate of drug-likeness (QED) is 0.791. The van der Waals surface area contributed by atoms with Crippen molar-refractivity contribution in [2.75, 3.05) is 13.7 Å². The second-order valence-corrected chi connectivity index (χ2v) is 4.00. The van der Waals surface area contributed by atoms with Crippen LogP contribution in [-0.2, 0) is 9.53 Å². The number of aryl methyl sites for hydroxylation is 1. The summed E-state index contributed by atoms with van der Waals surface area (Å²) in [5.74, 6) is 0.524. The molecular formula is C11H13BrO3. The Kier molecular flexibility index (Phi) is 4.62.